The Kier molecular flexibility index (Phi) is 5.28. The summed E-state index contributed by atoms with van der Waals surface area (Å²) in [5, 5.41) is 4.30. The fourth-order valence-electron chi connectivity index (χ4n) is 2.85. The second kappa shape index (κ2) is 8.02. The molecular formula is C19H18N4O5S. The van der Waals surface area contributed by atoms with Crippen molar-refractivity contribution < 1.29 is 17.9 Å². The van der Waals surface area contributed by atoms with Gasteiger partial charge in [-0.05, 0) is 30.3 Å². The second-order valence-electron chi connectivity index (χ2n) is 6.22. The maximum atomic E-state index is 12.6. The van der Waals surface area contributed by atoms with Crippen LogP contribution in [-0.4, -0.2) is 42.9 Å². The Morgan fingerprint density at radius 3 is 2.55 bits per heavy atom. The molecule has 0 aliphatic carbocycles. The number of nitrogens with one attached hydrogen (secondary N) is 1. The molecule has 9 nitrogen and oxygen atoms in total. The summed E-state index contributed by atoms with van der Waals surface area (Å²) in [5.41, 5.74) is 1.09. The number of ether oxygens (including phenoxy) is 2. The Labute approximate surface area is 167 Å². The van der Waals surface area contributed by atoms with Gasteiger partial charge in [0, 0.05) is 36.6 Å². The quantitative estimate of drug-likeness (QED) is 0.642. The molecule has 1 aliphatic rings. The van der Waals surface area contributed by atoms with Gasteiger partial charge in [0.05, 0.1) is 17.1 Å². The van der Waals surface area contributed by atoms with E-state index in [-0.39, 0.29) is 23.5 Å². The van der Waals surface area contributed by atoms with Crippen LogP contribution < -0.4 is 19.8 Å². The zero-order valence-corrected chi connectivity index (χ0v) is 16.1. The Bertz CT molecular complexity index is 1180. The van der Waals surface area contributed by atoms with Gasteiger partial charge in [0.1, 0.15) is 13.2 Å². The molecule has 0 saturated heterocycles. The number of hydrogen-bond acceptors (Lipinski definition) is 7. The van der Waals surface area contributed by atoms with E-state index in [9.17, 15) is 13.2 Å². The van der Waals surface area contributed by atoms with E-state index in [4.69, 9.17) is 9.47 Å². The molecular weight excluding hydrogens is 396 g/mol. The van der Waals surface area contributed by atoms with Crippen LogP contribution in [-0.2, 0) is 16.6 Å². The standard InChI is InChI=1S/C19H18N4O5S/c24-19-4-2-16(14-5-7-20-8-6-14)22-23(19)10-9-21-29(25,26)15-1-3-17-18(13-15)28-12-11-27-17/h1-8,13,21H,9-12H2. The molecule has 0 radical (unpaired) electrons. The lowest BCUT2D eigenvalue weighted by Crippen LogP contribution is -2.32. The highest BCUT2D eigenvalue weighted by Gasteiger charge is 2.19. The zero-order valence-electron chi connectivity index (χ0n) is 15.3. The number of nitrogens with zero attached hydrogens (tertiary/aromatic N) is 3. The molecule has 0 fully saturated rings. The van der Waals surface area contributed by atoms with Gasteiger partial charge < -0.3 is 9.47 Å². The van der Waals surface area contributed by atoms with Gasteiger partial charge in [0.2, 0.25) is 10.0 Å². The minimum absolute atomic E-state index is 0.00345. The Morgan fingerprint density at radius 2 is 1.76 bits per heavy atom. The Hall–Kier alpha value is -3.24. The number of fused-ring (bicyclic) bond motifs is 1. The van der Waals surface area contributed by atoms with E-state index in [1.54, 1.807) is 36.7 Å². The molecule has 1 N–H and O–H groups in total. The van der Waals surface area contributed by atoms with E-state index in [2.05, 4.69) is 14.8 Å². The summed E-state index contributed by atoms with van der Waals surface area (Å²) in [6.07, 6.45) is 3.27. The smallest absolute Gasteiger partial charge is 0.266 e. The molecule has 0 bridgehead atoms. The first-order valence-corrected chi connectivity index (χ1v) is 10.4. The molecule has 10 heteroatoms. The number of rotatable bonds is 6. The second-order valence-corrected chi connectivity index (χ2v) is 7.99. The average molecular weight is 414 g/mol. The van der Waals surface area contributed by atoms with Gasteiger partial charge in [-0.15, -0.1) is 0 Å². The van der Waals surface area contributed by atoms with Crippen molar-refractivity contribution in [3.63, 3.8) is 0 Å². The van der Waals surface area contributed by atoms with Gasteiger partial charge in [-0.3, -0.25) is 9.78 Å². The third-order valence-electron chi connectivity index (χ3n) is 4.28. The predicted molar refractivity (Wildman–Crippen MR) is 104 cm³/mol. The lowest BCUT2D eigenvalue weighted by Gasteiger charge is -2.19. The Morgan fingerprint density at radius 1 is 1.00 bits per heavy atom. The van der Waals surface area contributed by atoms with Crippen LogP contribution >= 0.6 is 0 Å². The Balaban J connectivity index is 1.46. The van der Waals surface area contributed by atoms with E-state index in [1.165, 1.54) is 22.9 Å². The third-order valence-corrected chi connectivity index (χ3v) is 5.74. The summed E-state index contributed by atoms with van der Waals surface area (Å²) in [5.74, 6) is 0.904. The monoisotopic (exact) mass is 414 g/mol. The first kappa shape index (κ1) is 19.1. The van der Waals surface area contributed by atoms with Crippen molar-refractivity contribution in [2.75, 3.05) is 19.8 Å². The number of hydrogen-bond donors (Lipinski definition) is 1. The van der Waals surface area contributed by atoms with Crippen LogP contribution in [0, 0.1) is 0 Å². The number of sulfonamides is 1. The van der Waals surface area contributed by atoms with E-state index in [1.807, 2.05) is 0 Å². The van der Waals surface area contributed by atoms with E-state index in [0.29, 0.717) is 30.4 Å². The molecule has 1 aromatic carbocycles. The normalized spacial score (nSPS) is 13.2. The third kappa shape index (κ3) is 4.28. The summed E-state index contributed by atoms with van der Waals surface area (Å²) in [7, 11) is -3.78. The summed E-state index contributed by atoms with van der Waals surface area (Å²) in [6.45, 7) is 0.884. The largest absolute Gasteiger partial charge is 0.486 e. The van der Waals surface area contributed by atoms with Crippen molar-refractivity contribution in [2.24, 2.45) is 0 Å². The van der Waals surface area contributed by atoms with E-state index in [0.717, 1.165) is 5.56 Å². The highest BCUT2D eigenvalue weighted by atomic mass is 32.2. The average Bonchev–Trinajstić information content (AvgIpc) is 2.75. The molecule has 3 aromatic rings. The van der Waals surface area contributed by atoms with Gasteiger partial charge in [0.15, 0.2) is 11.5 Å². The zero-order chi connectivity index (χ0) is 20.3. The van der Waals surface area contributed by atoms with Crippen molar-refractivity contribution in [1.82, 2.24) is 19.5 Å². The van der Waals surface area contributed by atoms with Gasteiger partial charge in [-0.1, -0.05) is 0 Å². The maximum Gasteiger partial charge on any atom is 0.266 e. The minimum Gasteiger partial charge on any atom is -0.486 e. The molecule has 0 atom stereocenters. The van der Waals surface area contributed by atoms with Crippen LogP contribution in [0.3, 0.4) is 0 Å². The van der Waals surface area contributed by atoms with Gasteiger partial charge in [0.25, 0.3) is 5.56 Å². The van der Waals surface area contributed by atoms with Crippen LogP contribution in [0.25, 0.3) is 11.3 Å². The number of aromatic nitrogens is 3. The van der Waals surface area contributed by atoms with Crippen molar-refractivity contribution in [2.45, 2.75) is 11.4 Å². The van der Waals surface area contributed by atoms with Crippen LogP contribution in [0.4, 0.5) is 0 Å². The number of pyridine rings is 1. The first-order chi connectivity index (χ1) is 14.0. The fourth-order valence-corrected chi connectivity index (χ4v) is 3.88. The fraction of sp³-hybridized carbons (Fsp3) is 0.211. The molecule has 0 unspecified atom stereocenters. The summed E-state index contributed by atoms with van der Waals surface area (Å²) < 4.78 is 39.7. The summed E-state index contributed by atoms with van der Waals surface area (Å²) >= 11 is 0. The molecule has 2 aromatic heterocycles. The van der Waals surface area contributed by atoms with Crippen LogP contribution in [0.5, 0.6) is 11.5 Å². The van der Waals surface area contributed by atoms with Crippen molar-refractivity contribution in [3.8, 4) is 22.8 Å². The molecule has 4 rings (SSSR count). The lowest BCUT2D eigenvalue weighted by molar-refractivity contribution is 0.171. The van der Waals surface area contributed by atoms with Crippen molar-refractivity contribution >= 4 is 10.0 Å². The van der Waals surface area contributed by atoms with E-state index >= 15 is 0 Å². The molecule has 1 aliphatic heterocycles. The molecule has 150 valence electrons. The molecule has 3 heterocycles. The topological polar surface area (TPSA) is 112 Å². The maximum absolute atomic E-state index is 12.6. The van der Waals surface area contributed by atoms with Crippen molar-refractivity contribution in [1.29, 1.82) is 0 Å². The molecule has 0 saturated carbocycles. The van der Waals surface area contributed by atoms with Crippen LogP contribution in [0.2, 0.25) is 0 Å². The molecule has 0 amide bonds. The first-order valence-electron chi connectivity index (χ1n) is 8.91. The van der Waals surface area contributed by atoms with E-state index < -0.39 is 10.0 Å². The number of benzene rings is 1. The highest BCUT2D eigenvalue weighted by Crippen LogP contribution is 2.32. The molecule has 0 spiro atoms. The lowest BCUT2D eigenvalue weighted by atomic mass is 10.2. The highest BCUT2D eigenvalue weighted by molar-refractivity contribution is 7.89. The summed E-state index contributed by atoms with van der Waals surface area (Å²) in [4.78, 5) is 16.1. The van der Waals surface area contributed by atoms with Crippen LogP contribution in [0.15, 0.2) is 64.5 Å². The minimum atomic E-state index is -3.78. The van der Waals surface area contributed by atoms with Crippen LogP contribution in [0.1, 0.15) is 0 Å². The van der Waals surface area contributed by atoms with Gasteiger partial charge in [-0.2, -0.15) is 5.10 Å². The van der Waals surface area contributed by atoms with Crippen molar-refractivity contribution in [3.05, 3.63) is 65.2 Å². The molecule has 29 heavy (non-hydrogen) atoms. The van der Waals surface area contributed by atoms with Gasteiger partial charge in [-0.25, -0.2) is 17.8 Å². The predicted octanol–water partition coefficient (Wildman–Crippen LogP) is 1.05. The van der Waals surface area contributed by atoms with Gasteiger partial charge >= 0.3 is 0 Å². The summed E-state index contributed by atoms with van der Waals surface area (Å²) in [6, 6.07) is 11.0. The SMILES string of the molecule is O=c1ccc(-c2ccncc2)nn1CCNS(=O)(=O)c1ccc2c(c1)OCCO2.